The molecular weight excluding hydrogens is 197 g/mol. The molecule has 1 N–H and O–H groups in total. The standard InChI is InChI=1S/C8H7ClFNO2/c1-13-7-3-2-5(4-6(7)9)11-8(10)12/h2-4H,1H3,(H,11,12). The van der Waals surface area contributed by atoms with E-state index in [0.717, 1.165) is 0 Å². The molecule has 0 radical (unpaired) electrons. The monoisotopic (exact) mass is 203 g/mol. The van der Waals surface area contributed by atoms with Crippen LogP contribution in [0.1, 0.15) is 0 Å². The Morgan fingerprint density at radius 2 is 2.31 bits per heavy atom. The van der Waals surface area contributed by atoms with Gasteiger partial charge in [0.1, 0.15) is 5.75 Å². The Hall–Kier alpha value is -1.29. The van der Waals surface area contributed by atoms with Crippen LogP contribution in [0.5, 0.6) is 5.75 Å². The fourth-order valence-corrected chi connectivity index (χ4v) is 1.12. The van der Waals surface area contributed by atoms with Crippen molar-refractivity contribution in [1.29, 1.82) is 0 Å². The van der Waals surface area contributed by atoms with Gasteiger partial charge < -0.3 is 4.74 Å². The van der Waals surface area contributed by atoms with E-state index in [1.807, 2.05) is 5.32 Å². The van der Waals surface area contributed by atoms with Crippen LogP contribution in [0.15, 0.2) is 18.2 Å². The second kappa shape index (κ2) is 4.09. The van der Waals surface area contributed by atoms with Crippen LogP contribution in [0.25, 0.3) is 0 Å². The smallest absolute Gasteiger partial charge is 0.401 e. The Labute approximate surface area is 79.5 Å². The average Bonchev–Trinajstić information content (AvgIpc) is 2.03. The first-order valence-electron chi connectivity index (χ1n) is 3.43. The first kappa shape index (κ1) is 9.80. The van der Waals surface area contributed by atoms with Crippen molar-refractivity contribution in [2.24, 2.45) is 0 Å². The number of ether oxygens (including phenoxy) is 1. The number of rotatable bonds is 2. The van der Waals surface area contributed by atoms with E-state index in [1.165, 1.54) is 25.3 Å². The molecule has 0 bridgehead atoms. The number of benzene rings is 1. The largest absolute Gasteiger partial charge is 0.495 e. The van der Waals surface area contributed by atoms with Crippen molar-refractivity contribution in [3.63, 3.8) is 0 Å². The first-order chi connectivity index (χ1) is 6.13. The lowest BCUT2D eigenvalue weighted by Gasteiger charge is -2.04. The molecular formula is C8H7ClFNO2. The van der Waals surface area contributed by atoms with E-state index < -0.39 is 6.16 Å². The molecule has 0 heterocycles. The van der Waals surface area contributed by atoms with Crippen LogP contribution in [-0.4, -0.2) is 13.3 Å². The van der Waals surface area contributed by atoms with Crippen molar-refractivity contribution in [1.82, 2.24) is 0 Å². The van der Waals surface area contributed by atoms with E-state index in [0.29, 0.717) is 16.5 Å². The van der Waals surface area contributed by atoms with Crippen molar-refractivity contribution in [2.45, 2.75) is 0 Å². The predicted octanol–water partition coefficient (Wildman–Crippen LogP) is 2.85. The van der Waals surface area contributed by atoms with Crippen LogP contribution >= 0.6 is 11.6 Å². The molecule has 0 saturated carbocycles. The second-order valence-corrected chi connectivity index (χ2v) is 2.66. The summed E-state index contributed by atoms with van der Waals surface area (Å²) in [6, 6.07) is 4.42. The maximum Gasteiger partial charge on any atom is 0.401 e. The summed E-state index contributed by atoms with van der Waals surface area (Å²) in [5, 5.41) is 2.26. The minimum Gasteiger partial charge on any atom is -0.495 e. The molecule has 0 aliphatic heterocycles. The van der Waals surface area contributed by atoms with Gasteiger partial charge in [-0.05, 0) is 18.2 Å². The average molecular weight is 204 g/mol. The minimum atomic E-state index is -1.62. The van der Waals surface area contributed by atoms with Gasteiger partial charge in [0, 0.05) is 5.69 Å². The number of amides is 1. The van der Waals surface area contributed by atoms with Crippen molar-refractivity contribution in [3.8, 4) is 5.75 Å². The zero-order valence-corrected chi connectivity index (χ0v) is 7.56. The van der Waals surface area contributed by atoms with E-state index in [-0.39, 0.29) is 0 Å². The molecule has 1 amide bonds. The Bertz CT molecular complexity index is 330. The number of anilines is 1. The third-order valence-corrected chi connectivity index (χ3v) is 1.69. The predicted molar refractivity (Wildman–Crippen MR) is 48.1 cm³/mol. The SMILES string of the molecule is COc1ccc(NC(=O)F)cc1Cl. The molecule has 0 fully saturated rings. The van der Waals surface area contributed by atoms with E-state index in [1.54, 1.807) is 0 Å². The number of halogens is 2. The van der Waals surface area contributed by atoms with E-state index >= 15 is 0 Å². The van der Waals surface area contributed by atoms with Crippen molar-refractivity contribution in [2.75, 3.05) is 12.4 Å². The summed E-state index contributed by atoms with van der Waals surface area (Å²) in [5.74, 6) is 0.471. The molecule has 1 aromatic carbocycles. The van der Waals surface area contributed by atoms with Gasteiger partial charge in [0.05, 0.1) is 12.1 Å². The summed E-state index contributed by atoms with van der Waals surface area (Å²) in [5.41, 5.74) is 0.290. The fourth-order valence-electron chi connectivity index (χ4n) is 0.858. The molecule has 0 aromatic heterocycles. The first-order valence-corrected chi connectivity index (χ1v) is 3.81. The molecule has 13 heavy (non-hydrogen) atoms. The lowest BCUT2D eigenvalue weighted by molar-refractivity contribution is 0.235. The highest BCUT2D eigenvalue weighted by Gasteiger charge is 2.03. The van der Waals surface area contributed by atoms with Gasteiger partial charge >= 0.3 is 6.16 Å². The van der Waals surface area contributed by atoms with E-state index in [4.69, 9.17) is 16.3 Å². The third kappa shape index (κ3) is 2.59. The summed E-state index contributed by atoms with van der Waals surface area (Å²) in [7, 11) is 1.47. The number of hydrogen-bond acceptors (Lipinski definition) is 2. The molecule has 1 rings (SSSR count). The Balaban J connectivity index is 2.89. The number of carbonyl (C=O) groups is 1. The molecule has 5 heteroatoms. The molecule has 0 atom stereocenters. The molecule has 0 unspecified atom stereocenters. The van der Waals surface area contributed by atoms with Gasteiger partial charge in [-0.15, -0.1) is 4.39 Å². The van der Waals surface area contributed by atoms with Crippen LogP contribution in [0.3, 0.4) is 0 Å². The quantitative estimate of drug-likeness (QED) is 0.593. The molecule has 1 aromatic rings. The molecule has 0 spiro atoms. The van der Waals surface area contributed by atoms with Crippen LogP contribution in [0.4, 0.5) is 14.9 Å². The summed E-state index contributed by atoms with van der Waals surface area (Å²) in [6.07, 6.45) is -1.62. The molecule has 0 saturated heterocycles. The number of hydrogen-bond donors (Lipinski definition) is 1. The maximum atomic E-state index is 11.9. The summed E-state index contributed by atoms with van der Waals surface area (Å²) in [6.45, 7) is 0. The number of nitrogens with one attached hydrogen (secondary N) is 1. The summed E-state index contributed by atoms with van der Waals surface area (Å²) in [4.78, 5) is 10.0. The van der Waals surface area contributed by atoms with Crippen LogP contribution in [0.2, 0.25) is 5.02 Å². The molecule has 3 nitrogen and oxygen atoms in total. The van der Waals surface area contributed by atoms with Gasteiger partial charge in [-0.3, -0.25) is 5.32 Å². The van der Waals surface area contributed by atoms with Crippen LogP contribution in [-0.2, 0) is 0 Å². The van der Waals surface area contributed by atoms with Gasteiger partial charge in [-0.25, -0.2) is 4.79 Å². The highest BCUT2D eigenvalue weighted by atomic mass is 35.5. The molecule has 0 aliphatic rings. The topological polar surface area (TPSA) is 38.3 Å². The van der Waals surface area contributed by atoms with Crippen molar-refractivity contribution in [3.05, 3.63) is 23.2 Å². The van der Waals surface area contributed by atoms with Gasteiger partial charge in [0.2, 0.25) is 0 Å². The highest BCUT2D eigenvalue weighted by Crippen LogP contribution is 2.27. The van der Waals surface area contributed by atoms with E-state index in [2.05, 4.69) is 0 Å². The Kier molecular flexibility index (Phi) is 3.08. The maximum absolute atomic E-state index is 11.9. The van der Waals surface area contributed by atoms with Crippen molar-refractivity contribution < 1.29 is 13.9 Å². The Morgan fingerprint density at radius 3 is 2.77 bits per heavy atom. The minimum absolute atomic E-state index is 0.290. The zero-order chi connectivity index (χ0) is 9.84. The molecule has 70 valence electrons. The summed E-state index contributed by atoms with van der Waals surface area (Å²) >= 11 is 5.71. The lowest BCUT2D eigenvalue weighted by atomic mass is 10.3. The van der Waals surface area contributed by atoms with Gasteiger partial charge in [0.15, 0.2) is 0 Å². The Morgan fingerprint density at radius 1 is 1.62 bits per heavy atom. The highest BCUT2D eigenvalue weighted by molar-refractivity contribution is 6.32. The lowest BCUT2D eigenvalue weighted by Crippen LogP contribution is -2.01. The van der Waals surface area contributed by atoms with Gasteiger partial charge in [-0.1, -0.05) is 11.6 Å². The van der Waals surface area contributed by atoms with Crippen molar-refractivity contribution >= 4 is 23.4 Å². The molecule has 0 aliphatic carbocycles. The zero-order valence-electron chi connectivity index (χ0n) is 6.80. The van der Waals surface area contributed by atoms with E-state index in [9.17, 15) is 9.18 Å². The normalized spacial score (nSPS) is 9.46. The van der Waals surface area contributed by atoms with Gasteiger partial charge in [0.25, 0.3) is 0 Å². The van der Waals surface area contributed by atoms with Gasteiger partial charge in [-0.2, -0.15) is 0 Å². The fraction of sp³-hybridized carbons (Fsp3) is 0.125. The third-order valence-electron chi connectivity index (χ3n) is 1.39. The van der Waals surface area contributed by atoms with Crippen LogP contribution < -0.4 is 10.1 Å². The van der Waals surface area contributed by atoms with Crippen LogP contribution in [0, 0.1) is 0 Å². The number of methoxy groups -OCH3 is 1. The second-order valence-electron chi connectivity index (χ2n) is 2.25. The number of carbonyl (C=O) groups excluding carboxylic acids is 1. The summed E-state index contributed by atoms with van der Waals surface area (Å²) < 4.78 is 16.7.